The molecule has 1 unspecified atom stereocenters. The molecule has 1 aromatic heterocycles. The zero-order valence-corrected chi connectivity index (χ0v) is 27.2. The van der Waals surface area contributed by atoms with Crippen LogP contribution < -0.4 is 5.32 Å². The molecule has 2 nitrogen and oxygen atoms in total. The summed E-state index contributed by atoms with van der Waals surface area (Å²) in [5.41, 5.74) is 3.95. The molecule has 3 rings (SSSR count). The van der Waals surface area contributed by atoms with Crippen molar-refractivity contribution >= 4 is 22.2 Å². The third kappa shape index (κ3) is 9.41. The summed E-state index contributed by atoms with van der Waals surface area (Å²) < 4.78 is 45.4. The highest BCUT2D eigenvalue weighted by Crippen LogP contribution is 2.46. The standard InChI is InChI=1S/C37H57F3N2/c1-6-9-11-18-21-28(4)22-19-16-14-12-13-15-17-20-26-42-33(8-3)29(5)35-34(42)25-24-32-36(35)31(37(38,39)40)27-30(41-32)23-10-7-2/h23-25,27-28,41H,6-22,26H2,1-5H3/b30-23+. The highest BCUT2D eigenvalue weighted by molar-refractivity contribution is 6.04. The number of rotatable bonds is 19. The molecule has 1 atom stereocenters. The molecule has 0 aliphatic carbocycles. The SMILES string of the molecule is CCC/C=C1\C=C(C(F)(F)F)c2c(ccc3c2c(C)c(CC)n3CCCCCCCCCCC(C)CCCCCC)N1. The molecule has 0 saturated heterocycles. The first-order valence-electron chi connectivity index (χ1n) is 17.1. The summed E-state index contributed by atoms with van der Waals surface area (Å²) in [7, 11) is 0. The maximum Gasteiger partial charge on any atom is 0.417 e. The van der Waals surface area contributed by atoms with E-state index in [0.717, 1.165) is 60.3 Å². The van der Waals surface area contributed by atoms with E-state index in [1.807, 2.05) is 32.1 Å². The molecule has 0 spiro atoms. The van der Waals surface area contributed by atoms with Crippen LogP contribution >= 0.6 is 0 Å². The molecule has 42 heavy (non-hydrogen) atoms. The predicted molar refractivity (Wildman–Crippen MR) is 176 cm³/mol. The number of allylic oxidation sites excluding steroid dienone is 3. The topological polar surface area (TPSA) is 17.0 Å². The van der Waals surface area contributed by atoms with Crippen molar-refractivity contribution < 1.29 is 13.2 Å². The molecule has 0 bridgehead atoms. The minimum atomic E-state index is -4.41. The number of alkyl halides is 3. The van der Waals surface area contributed by atoms with Crippen molar-refractivity contribution in [2.75, 3.05) is 5.32 Å². The van der Waals surface area contributed by atoms with Crippen molar-refractivity contribution in [1.29, 1.82) is 0 Å². The molecular formula is C37H57F3N2. The van der Waals surface area contributed by atoms with Gasteiger partial charge >= 0.3 is 6.18 Å². The lowest BCUT2D eigenvalue weighted by molar-refractivity contribution is -0.0688. The van der Waals surface area contributed by atoms with Gasteiger partial charge in [0.2, 0.25) is 0 Å². The van der Waals surface area contributed by atoms with Crippen LogP contribution in [0.4, 0.5) is 18.9 Å². The van der Waals surface area contributed by atoms with E-state index in [9.17, 15) is 13.2 Å². The number of halogens is 3. The number of hydrogen-bond acceptors (Lipinski definition) is 1. The average molecular weight is 587 g/mol. The summed E-state index contributed by atoms with van der Waals surface area (Å²) >= 11 is 0. The van der Waals surface area contributed by atoms with Gasteiger partial charge in [0, 0.05) is 40.1 Å². The number of hydrogen-bond donors (Lipinski definition) is 1. The van der Waals surface area contributed by atoms with Crippen LogP contribution in [0.5, 0.6) is 0 Å². The number of anilines is 1. The molecular weight excluding hydrogens is 529 g/mol. The van der Waals surface area contributed by atoms with E-state index < -0.39 is 11.7 Å². The lowest BCUT2D eigenvalue weighted by Crippen LogP contribution is -2.18. The van der Waals surface area contributed by atoms with Gasteiger partial charge in [-0.3, -0.25) is 0 Å². The van der Waals surface area contributed by atoms with Crippen molar-refractivity contribution in [3.05, 3.63) is 46.8 Å². The normalized spacial score (nSPS) is 15.2. The highest BCUT2D eigenvalue weighted by atomic mass is 19.4. The zero-order chi connectivity index (χ0) is 30.5. The van der Waals surface area contributed by atoms with Crippen LogP contribution in [0.15, 0.2) is 30.0 Å². The van der Waals surface area contributed by atoms with E-state index in [0.29, 0.717) is 16.9 Å². The second-order valence-corrected chi connectivity index (χ2v) is 12.7. The monoisotopic (exact) mass is 586 g/mol. The summed E-state index contributed by atoms with van der Waals surface area (Å²) in [4.78, 5) is 0. The Morgan fingerprint density at radius 3 is 2.05 bits per heavy atom. The Hall–Kier alpha value is -2.17. The average Bonchev–Trinajstić information content (AvgIpc) is 3.24. The van der Waals surface area contributed by atoms with Gasteiger partial charge < -0.3 is 9.88 Å². The van der Waals surface area contributed by atoms with Crippen molar-refractivity contribution in [3.63, 3.8) is 0 Å². The smallest absolute Gasteiger partial charge is 0.355 e. The molecule has 2 heterocycles. The van der Waals surface area contributed by atoms with E-state index >= 15 is 0 Å². The van der Waals surface area contributed by atoms with Crippen LogP contribution in [0, 0.1) is 12.8 Å². The minimum absolute atomic E-state index is 0.311. The maximum absolute atomic E-state index is 14.4. The predicted octanol–water partition coefficient (Wildman–Crippen LogP) is 12.7. The van der Waals surface area contributed by atoms with Crippen LogP contribution in [0.3, 0.4) is 0 Å². The molecule has 1 aliphatic rings. The lowest BCUT2D eigenvalue weighted by Gasteiger charge is -2.24. The minimum Gasteiger partial charge on any atom is -0.355 e. The summed E-state index contributed by atoms with van der Waals surface area (Å²) in [5, 5.41) is 4.03. The Balaban J connectivity index is 1.54. The molecule has 1 aliphatic heterocycles. The fraction of sp³-hybridized carbons (Fsp3) is 0.676. The summed E-state index contributed by atoms with van der Waals surface area (Å²) in [5.74, 6) is 0.876. The number of nitrogens with zero attached hydrogens (tertiary/aromatic N) is 1. The van der Waals surface area contributed by atoms with Crippen LogP contribution in [0.1, 0.15) is 147 Å². The summed E-state index contributed by atoms with van der Waals surface area (Å²) in [6.07, 6.45) is 19.6. The lowest BCUT2D eigenvalue weighted by atomic mass is 9.92. The van der Waals surface area contributed by atoms with Crippen LogP contribution in [0.25, 0.3) is 16.5 Å². The number of benzene rings is 1. The molecule has 0 fully saturated rings. The van der Waals surface area contributed by atoms with Crippen molar-refractivity contribution in [1.82, 2.24) is 4.57 Å². The molecule has 236 valence electrons. The van der Waals surface area contributed by atoms with E-state index in [4.69, 9.17) is 0 Å². The molecule has 5 heteroatoms. The van der Waals surface area contributed by atoms with Crippen molar-refractivity contribution in [2.45, 2.75) is 156 Å². The number of fused-ring (bicyclic) bond motifs is 3. The van der Waals surface area contributed by atoms with Crippen LogP contribution in [-0.4, -0.2) is 10.7 Å². The molecule has 2 aromatic rings. The number of aromatic nitrogens is 1. The van der Waals surface area contributed by atoms with Gasteiger partial charge in [-0.2, -0.15) is 13.2 Å². The van der Waals surface area contributed by atoms with Crippen molar-refractivity contribution in [2.24, 2.45) is 5.92 Å². The Kier molecular flexibility index (Phi) is 14.1. The third-order valence-corrected chi connectivity index (χ3v) is 9.13. The van der Waals surface area contributed by atoms with Gasteiger partial charge in [0.25, 0.3) is 0 Å². The first-order valence-corrected chi connectivity index (χ1v) is 17.1. The van der Waals surface area contributed by atoms with Crippen LogP contribution in [-0.2, 0) is 13.0 Å². The van der Waals surface area contributed by atoms with Gasteiger partial charge in [-0.25, -0.2) is 0 Å². The molecule has 0 saturated carbocycles. The quantitative estimate of drug-likeness (QED) is 0.162. The fourth-order valence-corrected chi connectivity index (χ4v) is 6.72. The van der Waals surface area contributed by atoms with Gasteiger partial charge in [-0.15, -0.1) is 0 Å². The largest absolute Gasteiger partial charge is 0.417 e. The van der Waals surface area contributed by atoms with E-state index in [1.54, 1.807) is 0 Å². The van der Waals surface area contributed by atoms with Gasteiger partial charge in [-0.05, 0) is 55.9 Å². The van der Waals surface area contributed by atoms with Gasteiger partial charge in [0.05, 0.1) is 5.57 Å². The molecule has 1 aromatic carbocycles. The third-order valence-electron chi connectivity index (χ3n) is 9.13. The van der Waals surface area contributed by atoms with E-state index in [2.05, 4.69) is 30.7 Å². The van der Waals surface area contributed by atoms with Gasteiger partial charge in [0.1, 0.15) is 0 Å². The fourth-order valence-electron chi connectivity index (χ4n) is 6.72. The molecule has 1 N–H and O–H groups in total. The summed E-state index contributed by atoms with van der Waals surface area (Å²) in [6, 6.07) is 3.87. The maximum atomic E-state index is 14.4. The Morgan fingerprint density at radius 2 is 1.45 bits per heavy atom. The summed E-state index contributed by atoms with van der Waals surface area (Å²) in [6.45, 7) is 11.7. The van der Waals surface area contributed by atoms with E-state index in [1.165, 1.54) is 89.5 Å². The number of aryl methyl sites for hydroxylation is 2. The van der Waals surface area contributed by atoms with Gasteiger partial charge in [-0.1, -0.05) is 124 Å². The van der Waals surface area contributed by atoms with Crippen molar-refractivity contribution in [3.8, 4) is 0 Å². The second kappa shape index (κ2) is 17.2. The number of nitrogens with one attached hydrogen (secondary N) is 1. The first kappa shape index (κ1) is 34.3. The Bertz CT molecular complexity index is 1170. The first-order chi connectivity index (χ1) is 20.2. The molecule has 0 amide bonds. The van der Waals surface area contributed by atoms with Crippen LogP contribution in [0.2, 0.25) is 0 Å². The zero-order valence-electron chi connectivity index (χ0n) is 27.2. The second-order valence-electron chi connectivity index (χ2n) is 12.7. The van der Waals surface area contributed by atoms with E-state index in [-0.39, 0.29) is 0 Å². The Morgan fingerprint density at radius 1 is 0.833 bits per heavy atom. The Labute approximate surface area is 254 Å². The molecule has 0 radical (unpaired) electrons. The number of unbranched alkanes of at least 4 members (excludes halogenated alkanes) is 11. The highest BCUT2D eigenvalue weighted by Gasteiger charge is 2.39. The van der Waals surface area contributed by atoms with Gasteiger partial charge in [0.15, 0.2) is 0 Å².